The van der Waals surface area contributed by atoms with Crippen LogP contribution in [0.1, 0.15) is 64.2 Å². The maximum Gasteiger partial charge on any atom is 0.186 e. The summed E-state index contributed by atoms with van der Waals surface area (Å²) >= 11 is 0. The lowest BCUT2D eigenvalue weighted by atomic mass is 9.72. The summed E-state index contributed by atoms with van der Waals surface area (Å²) in [6.45, 7) is 11.0. The standard InChI is InChI=1S/C26H32O/c1-20(16-17-24-22(3)13-10-18-26(24,4)5)11-9-12-21(2)19-25(27)23-14-7-6-8-15-23/h6-9,11-12,14-17,19H,10,13,18H2,1-5H3. The quantitative estimate of drug-likeness (QED) is 0.293. The first kappa shape index (κ1) is 20.9. The van der Waals surface area contributed by atoms with Crippen molar-refractivity contribution in [3.63, 3.8) is 0 Å². The first-order chi connectivity index (χ1) is 12.8. The van der Waals surface area contributed by atoms with Crippen molar-refractivity contribution >= 4 is 5.78 Å². The van der Waals surface area contributed by atoms with Gasteiger partial charge in [-0.2, -0.15) is 0 Å². The van der Waals surface area contributed by atoms with Crippen LogP contribution in [0.4, 0.5) is 0 Å². The number of allylic oxidation sites excluding steroid dienone is 10. The number of carbonyl (C=O) groups excluding carboxylic acids is 1. The summed E-state index contributed by atoms with van der Waals surface area (Å²) in [5.74, 6) is 0.0419. The molecule has 0 bridgehead atoms. The lowest BCUT2D eigenvalue weighted by Gasteiger charge is -2.32. The van der Waals surface area contributed by atoms with Crippen molar-refractivity contribution in [3.05, 3.63) is 94.6 Å². The Hall–Kier alpha value is -2.41. The van der Waals surface area contributed by atoms with E-state index in [1.165, 1.54) is 36.0 Å². The first-order valence-corrected chi connectivity index (χ1v) is 9.80. The minimum atomic E-state index is 0.0419. The highest BCUT2D eigenvalue weighted by Crippen LogP contribution is 2.40. The molecule has 2 rings (SSSR count). The van der Waals surface area contributed by atoms with Crippen molar-refractivity contribution in [1.82, 2.24) is 0 Å². The molecule has 27 heavy (non-hydrogen) atoms. The van der Waals surface area contributed by atoms with E-state index in [4.69, 9.17) is 0 Å². The molecule has 1 heteroatoms. The SMILES string of the molecule is CC(C=CC1=C(C)CCCC1(C)C)=CC=CC(C)=CC(=O)c1ccccc1. The van der Waals surface area contributed by atoms with Gasteiger partial charge in [0.05, 0.1) is 0 Å². The molecule has 0 radical (unpaired) electrons. The van der Waals surface area contributed by atoms with E-state index < -0.39 is 0 Å². The minimum absolute atomic E-state index is 0.0419. The zero-order chi connectivity index (χ0) is 19.9. The van der Waals surface area contributed by atoms with Crippen LogP contribution in [-0.4, -0.2) is 5.78 Å². The van der Waals surface area contributed by atoms with Crippen molar-refractivity contribution in [1.29, 1.82) is 0 Å². The molecule has 0 saturated carbocycles. The highest BCUT2D eigenvalue weighted by atomic mass is 16.1. The van der Waals surface area contributed by atoms with E-state index >= 15 is 0 Å². The van der Waals surface area contributed by atoms with E-state index in [-0.39, 0.29) is 11.2 Å². The fraction of sp³-hybridized carbons (Fsp3) is 0.346. The number of ketones is 1. The van der Waals surface area contributed by atoms with Gasteiger partial charge in [-0.3, -0.25) is 4.79 Å². The Bertz CT molecular complexity index is 811. The molecule has 0 spiro atoms. The van der Waals surface area contributed by atoms with Gasteiger partial charge in [0.15, 0.2) is 5.78 Å². The molecule has 1 nitrogen and oxygen atoms in total. The molecule has 0 unspecified atom stereocenters. The average molecular weight is 361 g/mol. The van der Waals surface area contributed by atoms with Gasteiger partial charge in [0, 0.05) is 5.56 Å². The van der Waals surface area contributed by atoms with E-state index in [0.29, 0.717) is 0 Å². The van der Waals surface area contributed by atoms with E-state index in [1.807, 2.05) is 49.4 Å². The summed E-state index contributed by atoms with van der Waals surface area (Å²) in [7, 11) is 0. The van der Waals surface area contributed by atoms with Crippen LogP contribution in [0, 0.1) is 5.41 Å². The van der Waals surface area contributed by atoms with Crippen LogP contribution in [0.3, 0.4) is 0 Å². The van der Waals surface area contributed by atoms with Crippen LogP contribution in [-0.2, 0) is 0 Å². The second-order valence-corrected chi connectivity index (χ2v) is 8.15. The summed E-state index contributed by atoms with van der Waals surface area (Å²) in [4.78, 5) is 12.2. The number of rotatable bonds is 6. The Morgan fingerprint density at radius 3 is 2.41 bits per heavy atom. The summed E-state index contributed by atoms with van der Waals surface area (Å²) in [5, 5.41) is 0. The summed E-state index contributed by atoms with van der Waals surface area (Å²) in [6, 6.07) is 9.37. The predicted molar refractivity (Wildman–Crippen MR) is 117 cm³/mol. The molecule has 0 aliphatic heterocycles. The van der Waals surface area contributed by atoms with Gasteiger partial charge in [-0.15, -0.1) is 0 Å². The van der Waals surface area contributed by atoms with Crippen LogP contribution in [0.25, 0.3) is 0 Å². The van der Waals surface area contributed by atoms with Crippen LogP contribution >= 0.6 is 0 Å². The summed E-state index contributed by atoms with van der Waals surface area (Å²) in [6.07, 6.45) is 16.0. The van der Waals surface area contributed by atoms with Crippen LogP contribution < -0.4 is 0 Å². The molecule has 1 aliphatic rings. The fourth-order valence-corrected chi connectivity index (χ4v) is 3.57. The van der Waals surface area contributed by atoms with Gasteiger partial charge < -0.3 is 0 Å². The maximum absolute atomic E-state index is 12.2. The second-order valence-electron chi connectivity index (χ2n) is 8.15. The third kappa shape index (κ3) is 6.36. The van der Waals surface area contributed by atoms with Crippen LogP contribution in [0.15, 0.2) is 89.1 Å². The molecule has 0 heterocycles. The van der Waals surface area contributed by atoms with Gasteiger partial charge in [-0.05, 0) is 62.7 Å². The summed E-state index contributed by atoms with van der Waals surface area (Å²) < 4.78 is 0. The van der Waals surface area contributed by atoms with Crippen molar-refractivity contribution < 1.29 is 4.79 Å². The van der Waals surface area contributed by atoms with E-state index in [9.17, 15) is 4.79 Å². The molecule has 0 fully saturated rings. The van der Waals surface area contributed by atoms with Gasteiger partial charge in [0.1, 0.15) is 0 Å². The summed E-state index contributed by atoms with van der Waals surface area (Å²) in [5.41, 5.74) is 6.14. The minimum Gasteiger partial charge on any atom is -0.289 e. The number of hydrogen-bond acceptors (Lipinski definition) is 1. The predicted octanol–water partition coefficient (Wildman–Crippen LogP) is 7.40. The molecular formula is C26H32O. The molecule has 0 amide bonds. The molecular weight excluding hydrogens is 328 g/mol. The highest BCUT2D eigenvalue weighted by molar-refractivity contribution is 6.05. The zero-order valence-electron chi connectivity index (χ0n) is 17.4. The van der Waals surface area contributed by atoms with Gasteiger partial charge in [-0.1, -0.05) is 85.7 Å². The Balaban J connectivity index is 2.02. The third-order valence-electron chi connectivity index (χ3n) is 5.19. The van der Waals surface area contributed by atoms with E-state index in [0.717, 1.165) is 11.1 Å². The molecule has 0 atom stereocenters. The monoisotopic (exact) mass is 360 g/mol. The lowest BCUT2D eigenvalue weighted by Crippen LogP contribution is -2.19. The Morgan fingerprint density at radius 2 is 1.74 bits per heavy atom. The molecule has 1 aliphatic carbocycles. The van der Waals surface area contributed by atoms with Crippen molar-refractivity contribution in [2.75, 3.05) is 0 Å². The van der Waals surface area contributed by atoms with Crippen molar-refractivity contribution in [3.8, 4) is 0 Å². The molecule has 1 aromatic rings. The number of carbonyl (C=O) groups is 1. The highest BCUT2D eigenvalue weighted by Gasteiger charge is 2.26. The Kier molecular flexibility index (Phi) is 7.36. The Morgan fingerprint density at radius 1 is 1.04 bits per heavy atom. The maximum atomic E-state index is 12.2. The normalized spacial score (nSPS) is 18.6. The van der Waals surface area contributed by atoms with Gasteiger partial charge in [0.2, 0.25) is 0 Å². The molecule has 0 N–H and O–H groups in total. The second kappa shape index (κ2) is 9.50. The molecule has 0 aromatic heterocycles. The van der Waals surface area contributed by atoms with Crippen molar-refractivity contribution in [2.24, 2.45) is 5.41 Å². The largest absolute Gasteiger partial charge is 0.289 e. The van der Waals surface area contributed by atoms with Crippen molar-refractivity contribution in [2.45, 2.75) is 53.9 Å². The smallest absolute Gasteiger partial charge is 0.186 e. The number of benzene rings is 1. The lowest BCUT2D eigenvalue weighted by molar-refractivity contribution is 0.104. The van der Waals surface area contributed by atoms with E-state index in [2.05, 4.69) is 45.9 Å². The number of hydrogen-bond donors (Lipinski definition) is 0. The topological polar surface area (TPSA) is 17.1 Å². The average Bonchev–Trinajstić information content (AvgIpc) is 2.61. The zero-order valence-corrected chi connectivity index (χ0v) is 17.4. The van der Waals surface area contributed by atoms with Gasteiger partial charge in [-0.25, -0.2) is 0 Å². The van der Waals surface area contributed by atoms with Crippen LogP contribution in [0.2, 0.25) is 0 Å². The third-order valence-corrected chi connectivity index (χ3v) is 5.19. The van der Waals surface area contributed by atoms with Gasteiger partial charge >= 0.3 is 0 Å². The molecule has 0 saturated heterocycles. The van der Waals surface area contributed by atoms with E-state index in [1.54, 1.807) is 6.08 Å². The Labute approximate surface area is 164 Å². The van der Waals surface area contributed by atoms with Gasteiger partial charge in [0.25, 0.3) is 0 Å². The molecule has 1 aromatic carbocycles. The fourth-order valence-electron chi connectivity index (χ4n) is 3.57. The van der Waals surface area contributed by atoms with Crippen LogP contribution in [0.5, 0.6) is 0 Å². The molecule has 142 valence electrons. The first-order valence-electron chi connectivity index (χ1n) is 9.80.